The second-order valence-corrected chi connectivity index (χ2v) is 5.48. The topological polar surface area (TPSA) is 67.1 Å². The van der Waals surface area contributed by atoms with Crippen LogP contribution in [0.15, 0.2) is 35.6 Å². The van der Waals surface area contributed by atoms with E-state index in [4.69, 9.17) is 0 Å². The van der Waals surface area contributed by atoms with Gasteiger partial charge in [0.15, 0.2) is 5.96 Å². The van der Waals surface area contributed by atoms with Crippen LogP contribution in [0.3, 0.4) is 0 Å². The maximum Gasteiger partial charge on any atom is 0.191 e. The minimum absolute atomic E-state index is 0.521. The zero-order valence-corrected chi connectivity index (χ0v) is 13.1. The maximum absolute atomic E-state index is 4.57. The summed E-state index contributed by atoms with van der Waals surface area (Å²) in [5, 5.41) is 10.8. The first-order valence-corrected chi connectivity index (χ1v) is 7.70. The number of aromatic nitrogens is 3. The van der Waals surface area contributed by atoms with Gasteiger partial charge in [-0.2, -0.15) is 5.10 Å². The van der Waals surface area contributed by atoms with Crippen molar-refractivity contribution in [2.24, 2.45) is 12.0 Å². The molecule has 22 heavy (non-hydrogen) atoms. The number of hydrogen-bond acceptors (Lipinski definition) is 3. The minimum atomic E-state index is 0.521. The second kappa shape index (κ2) is 6.60. The number of aliphatic imine (C=N–C) groups is 1. The van der Waals surface area contributed by atoms with Gasteiger partial charge in [0.2, 0.25) is 0 Å². The van der Waals surface area contributed by atoms with E-state index in [1.54, 1.807) is 11.0 Å². The fourth-order valence-corrected chi connectivity index (χ4v) is 2.72. The normalized spacial score (nSPS) is 16.8. The molecule has 0 fully saturated rings. The molecule has 0 radical (unpaired) electrons. The van der Waals surface area contributed by atoms with Crippen LogP contribution in [0.5, 0.6) is 0 Å². The molecule has 0 saturated carbocycles. The van der Waals surface area contributed by atoms with Gasteiger partial charge in [-0.15, -0.1) is 0 Å². The Morgan fingerprint density at radius 1 is 1.36 bits per heavy atom. The molecule has 3 rings (SSSR count). The predicted octanol–water partition coefficient (Wildman–Crippen LogP) is 1.21. The number of fused-ring (bicyclic) bond motifs is 1. The molecule has 1 aliphatic rings. The van der Waals surface area contributed by atoms with Crippen LogP contribution in [0.25, 0.3) is 0 Å². The van der Waals surface area contributed by atoms with Crippen molar-refractivity contribution in [2.45, 2.75) is 25.8 Å². The SMILES string of the molecule is CCNC(=NCc1ncnn1C)NCC1Cc2ccccc21. The number of aryl methyl sites for hydroxylation is 1. The summed E-state index contributed by atoms with van der Waals surface area (Å²) < 4.78 is 1.75. The molecule has 6 heteroatoms. The first-order valence-electron chi connectivity index (χ1n) is 7.70. The van der Waals surface area contributed by atoms with Gasteiger partial charge < -0.3 is 10.6 Å². The van der Waals surface area contributed by atoms with Gasteiger partial charge in [0.25, 0.3) is 0 Å². The van der Waals surface area contributed by atoms with Crippen molar-refractivity contribution < 1.29 is 0 Å². The molecule has 2 N–H and O–H groups in total. The van der Waals surface area contributed by atoms with Crippen LogP contribution in [-0.2, 0) is 20.0 Å². The summed E-state index contributed by atoms with van der Waals surface area (Å²) in [4.78, 5) is 8.76. The van der Waals surface area contributed by atoms with E-state index in [-0.39, 0.29) is 0 Å². The molecule has 1 heterocycles. The molecule has 0 aliphatic heterocycles. The van der Waals surface area contributed by atoms with Crippen molar-refractivity contribution in [3.05, 3.63) is 47.5 Å². The fraction of sp³-hybridized carbons (Fsp3) is 0.438. The third kappa shape index (κ3) is 3.10. The third-order valence-electron chi connectivity index (χ3n) is 4.01. The molecule has 0 bridgehead atoms. The van der Waals surface area contributed by atoms with Crippen molar-refractivity contribution in [1.29, 1.82) is 0 Å². The molecule has 1 aromatic carbocycles. The van der Waals surface area contributed by atoms with Crippen molar-refractivity contribution in [2.75, 3.05) is 13.1 Å². The van der Waals surface area contributed by atoms with E-state index in [0.29, 0.717) is 12.5 Å². The summed E-state index contributed by atoms with van der Waals surface area (Å²) in [6.45, 7) is 4.33. The largest absolute Gasteiger partial charge is 0.357 e. The van der Waals surface area contributed by atoms with E-state index in [1.807, 2.05) is 7.05 Å². The summed E-state index contributed by atoms with van der Waals surface area (Å²) in [6, 6.07) is 8.64. The number of benzene rings is 1. The zero-order chi connectivity index (χ0) is 15.4. The number of nitrogens with zero attached hydrogens (tertiary/aromatic N) is 4. The maximum atomic E-state index is 4.57. The molecule has 2 aromatic rings. The van der Waals surface area contributed by atoms with Crippen molar-refractivity contribution in [3.8, 4) is 0 Å². The van der Waals surface area contributed by atoms with Gasteiger partial charge >= 0.3 is 0 Å². The highest BCUT2D eigenvalue weighted by atomic mass is 15.3. The van der Waals surface area contributed by atoms with Crippen LogP contribution in [0.1, 0.15) is 29.8 Å². The minimum Gasteiger partial charge on any atom is -0.357 e. The van der Waals surface area contributed by atoms with Crippen LogP contribution in [0.4, 0.5) is 0 Å². The lowest BCUT2D eigenvalue weighted by atomic mass is 9.78. The third-order valence-corrected chi connectivity index (χ3v) is 4.01. The fourth-order valence-electron chi connectivity index (χ4n) is 2.72. The second-order valence-electron chi connectivity index (χ2n) is 5.48. The Morgan fingerprint density at radius 2 is 2.23 bits per heavy atom. The molecule has 1 unspecified atom stereocenters. The first-order chi connectivity index (χ1) is 10.8. The average Bonchev–Trinajstić information content (AvgIpc) is 2.91. The van der Waals surface area contributed by atoms with E-state index in [0.717, 1.165) is 31.3 Å². The Bertz CT molecular complexity index is 660. The van der Waals surface area contributed by atoms with Crippen molar-refractivity contribution in [1.82, 2.24) is 25.4 Å². The first kappa shape index (κ1) is 14.6. The average molecular weight is 298 g/mol. The highest BCUT2D eigenvalue weighted by molar-refractivity contribution is 5.79. The predicted molar refractivity (Wildman–Crippen MR) is 86.7 cm³/mol. The zero-order valence-electron chi connectivity index (χ0n) is 13.1. The molecule has 116 valence electrons. The molecule has 1 aromatic heterocycles. The summed E-state index contributed by atoms with van der Waals surface area (Å²) in [6.07, 6.45) is 2.70. The van der Waals surface area contributed by atoms with E-state index >= 15 is 0 Å². The van der Waals surface area contributed by atoms with Gasteiger partial charge in [0.05, 0.1) is 0 Å². The van der Waals surface area contributed by atoms with Crippen LogP contribution in [0, 0.1) is 0 Å². The van der Waals surface area contributed by atoms with Crippen LogP contribution in [0.2, 0.25) is 0 Å². The van der Waals surface area contributed by atoms with Gasteiger partial charge in [0.1, 0.15) is 18.7 Å². The van der Waals surface area contributed by atoms with Crippen LogP contribution < -0.4 is 10.6 Å². The van der Waals surface area contributed by atoms with E-state index in [9.17, 15) is 0 Å². The highest BCUT2D eigenvalue weighted by Crippen LogP contribution is 2.33. The Morgan fingerprint density at radius 3 is 2.95 bits per heavy atom. The van der Waals surface area contributed by atoms with E-state index in [1.165, 1.54) is 11.1 Å². The lowest BCUT2D eigenvalue weighted by molar-refractivity contribution is 0.583. The molecular weight excluding hydrogens is 276 g/mol. The summed E-state index contributed by atoms with van der Waals surface area (Å²) >= 11 is 0. The lowest BCUT2D eigenvalue weighted by Gasteiger charge is -2.30. The van der Waals surface area contributed by atoms with Gasteiger partial charge in [0, 0.05) is 26.1 Å². The number of hydrogen-bond donors (Lipinski definition) is 2. The quantitative estimate of drug-likeness (QED) is 0.643. The van der Waals surface area contributed by atoms with Crippen molar-refractivity contribution in [3.63, 3.8) is 0 Å². The summed E-state index contributed by atoms with van der Waals surface area (Å²) in [5.74, 6) is 2.26. The highest BCUT2D eigenvalue weighted by Gasteiger charge is 2.25. The Hall–Kier alpha value is -2.37. The number of rotatable bonds is 5. The van der Waals surface area contributed by atoms with Gasteiger partial charge in [-0.3, -0.25) is 4.68 Å². The lowest BCUT2D eigenvalue weighted by Crippen LogP contribution is -2.41. The molecule has 0 spiro atoms. The van der Waals surface area contributed by atoms with Crippen LogP contribution in [-0.4, -0.2) is 33.8 Å². The van der Waals surface area contributed by atoms with Gasteiger partial charge in [-0.1, -0.05) is 24.3 Å². The van der Waals surface area contributed by atoms with E-state index < -0.39 is 0 Å². The molecule has 6 nitrogen and oxygen atoms in total. The monoisotopic (exact) mass is 298 g/mol. The Balaban J connectivity index is 1.57. The summed E-state index contributed by atoms with van der Waals surface area (Å²) in [7, 11) is 1.88. The van der Waals surface area contributed by atoms with Gasteiger partial charge in [-0.05, 0) is 24.5 Å². The molecule has 1 aliphatic carbocycles. The molecule has 0 saturated heterocycles. The summed E-state index contributed by atoms with van der Waals surface area (Å²) in [5.41, 5.74) is 2.93. The van der Waals surface area contributed by atoms with E-state index in [2.05, 4.69) is 56.9 Å². The standard InChI is InChI=1S/C16H22N6/c1-3-17-16(19-10-15-20-11-21-22(15)2)18-9-13-8-12-6-4-5-7-14(12)13/h4-7,11,13H,3,8-10H2,1-2H3,(H2,17,18,19). The van der Waals surface area contributed by atoms with Crippen LogP contribution >= 0.6 is 0 Å². The number of nitrogens with one attached hydrogen (secondary N) is 2. The molecular formula is C16H22N6. The number of guanidine groups is 1. The Labute approximate surface area is 130 Å². The molecule has 0 amide bonds. The molecule has 1 atom stereocenters. The van der Waals surface area contributed by atoms with Crippen molar-refractivity contribution >= 4 is 5.96 Å². The van der Waals surface area contributed by atoms with Gasteiger partial charge in [-0.25, -0.2) is 9.98 Å². The Kier molecular flexibility index (Phi) is 4.37. The smallest absolute Gasteiger partial charge is 0.191 e.